The van der Waals surface area contributed by atoms with Crippen LogP contribution in [-0.2, 0) is 6.42 Å². The Kier molecular flexibility index (Phi) is 4.75. The molecule has 0 saturated heterocycles. The summed E-state index contributed by atoms with van der Waals surface area (Å²) >= 11 is 0. The highest BCUT2D eigenvalue weighted by atomic mass is 16.5. The van der Waals surface area contributed by atoms with Gasteiger partial charge in [0.2, 0.25) is 5.88 Å². The zero-order valence-electron chi connectivity index (χ0n) is 13.0. The first-order valence-corrected chi connectivity index (χ1v) is 7.15. The summed E-state index contributed by atoms with van der Waals surface area (Å²) < 4.78 is 6.02. The molecule has 5 heteroatoms. The number of nitrogens with one attached hydrogen (secondary N) is 1. The first-order valence-electron chi connectivity index (χ1n) is 7.15. The van der Waals surface area contributed by atoms with Crippen LogP contribution < -0.4 is 16.0 Å². The van der Waals surface area contributed by atoms with Crippen LogP contribution in [0.15, 0.2) is 24.5 Å². The van der Waals surface area contributed by atoms with E-state index in [-0.39, 0.29) is 0 Å². The second-order valence-corrected chi connectivity index (χ2v) is 5.29. The van der Waals surface area contributed by atoms with Crippen molar-refractivity contribution in [3.63, 3.8) is 0 Å². The maximum atomic E-state index is 6.02. The summed E-state index contributed by atoms with van der Waals surface area (Å²) in [6.45, 7) is 8.36. The summed E-state index contributed by atoms with van der Waals surface area (Å²) in [6, 6.07) is 6.26. The predicted molar refractivity (Wildman–Crippen MR) is 84.6 cm³/mol. The molecule has 5 nitrogen and oxygen atoms in total. The number of nitrogens with zero attached hydrogens (tertiary/aromatic N) is 2. The van der Waals surface area contributed by atoms with Crippen LogP contribution in [0.3, 0.4) is 0 Å². The summed E-state index contributed by atoms with van der Waals surface area (Å²) in [5.41, 5.74) is 5.76. The van der Waals surface area contributed by atoms with Gasteiger partial charge < -0.3 is 10.2 Å². The molecule has 0 radical (unpaired) electrons. The smallest absolute Gasteiger partial charge is 0.227 e. The fourth-order valence-corrected chi connectivity index (χ4v) is 2.12. The molecule has 0 spiro atoms. The van der Waals surface area contributed by atoms with E-state index in [2.05, 4.69) is 47.4 Å². The van der Waals surface area contributed by atoms with Crippen molar-refractivity contribution in [1.82, 2.24) is 9.97 Å². The van der Waals surface area contributed by atoms with Crippen molar-refractivity contribution in [3.05, 3.63) is 41.2 Å². The van der Waals surface area contributed by atoms with E-state index in [1.165, 1.54) is 11.9 Å². The first kappa shape index (κ1) is 15.3. The van der Waals surface area contributed by atoms with Gasteiger partial charge >= 0.3 is 0 Å². The lowest BCUT2D eigenvalue weighted by molar-refractivity contribution is 0.451. The number of aromatic nitrogens is 2. The molecule has 1 heterocycles. The van der Waals surface area contributed by atoms with Gasteiger partial charge in [-0.05, 0) is 36.5 Å². The Morgan fingerprint density at radius 2 is 2.05 bits per heavy atom. The SMILES string of the molecule is CCc1c(NN)ncnc1Oc1cc(C(C)C)ccc1C. The molecule has 0 unspecified atom stereocenters. The average Bonchev–Trinajstić information content (AvgIpc) is 2.48. The zero-order valence-corrected chi connectivity index (χ0v) is 13.0. The second-order valence-electron chi connectivity index (χ2n) is 5.29. The van der Waals surface area contributed by atoms with E-state index in [9.17, 15) is 0 Å². The third-order valence-corrected chi connectivity index (χ3v) is 3.48. The van der Waals surface area contributed by atoms with Gasteiger partial charge in [-0.1, -0.05) is 32.9 Å². The van der Waals surface area contributed by atoms with Gasteiger partial charge in [0.1, 0.15) is 17.9 Å². The molecule has 0 aliphatic heterocycles. The highest BCUT2D eigenvalue weighted by Gasteiger charge is 2.13. The van der Waals surface area contributed by atoms with Crippen LogP contribution in [0.5, 0.6) is 11.6 Å². The van der Waals surface area contributed by atoms with Gasteiger partial charge in [0.25, 0.3) is 0 Å². The van der Waals surface area contributed by atoms with Gasteiger partial charge in [-0.25, -0.2) is 15.8 Å². The lowest BCUT2D eigenvalue weighted by atomic mass is 10.0. The Labute approximate surface area is 125 Å². The van der Waals surface area contributed by atoms with Gasteiger partial charge in [-0.2, -0.15) is 0 Å². The van der Waals surface area contributed by atoms with Gasteiger partial charge in [0.05, 0.1) is 5.56 Å². The van der Waals surface area contributed by atoms with Crippen molar-refractivity contribution in [1.29, 1.82) is 0 Å². The molecule has 21 heavy (non-hydrogen) atoms. The molecule has 1 aromatic carbocycles. The molecular weight excluding hydrogens is 264 g/mol. The number of hydrogen-bond acceptors (Lipinski definition) is 5. The number of rotatable bonds is 5. The van der Waals surface area contributed by atoms with Crippen LogP contribution in [-0.4, -0.2) is 9.97 Å². The van der Waals surface area contributed by atoms with E-state index in [1.807, 2.05) is 13.8 Å². The van der Waals surface area contributed by atoms with Crippen LogP contribution in [0.1, 0.15) is 43.4 Å². The summed E-state index contributed by atoms with van der Waals surface area (Å²) in [5, 5.41) is 0. The average molecular weight is 286 g/mol. The third-order valence-electron chi connectivity index (χ3n) is 3.48. The van der Waals surface area contributed by atoms with Crippen molar-refractivity contribution < 1.29 is 4.74 Å². The van der Waals surface area contributed by atoms with Crippen LogP contribution in [0.25, 0.3) is 0 Å². The van der Waals surface area contributed by atoms with E-state index >= 15 is 0 Å². The third kappa shape index (κ3) is 3.31. The standard InChI is InChI=1S/C16H22N4O/c1-5-13-15(20-17)18-9-19-16(13)21-14-8-12(10(2)3)7-6-11(14)4/h6-10H,5,17H2,1-4H3,(H,18,19,20). The minimum Gasteiger partial charge on any atom is -0.438 e. The molecule has 0 aliphatic carbocycles. The number of hydrogen-bond donors (Lipinski definition) is 2. The number of hydrazine groups is 1. The Balaban J connectivity index is 2.40. The number of anilines is 1. The van der Waals surface area contributed by atoms with E-state index in [0.717, 1.165) is 23.3 Å². The van der Waals surface area contributed by atoms with E-state index in [4.69, 9.17) is 10.6 Å². The quantitative estimate of drug-likeness (QED) is 0.649. The van der Waals surface area contributed by atoms with Gasteiger partial charge in [-0.3, -0.25) is 0 Å². The van der Waals surface area contributed by atoms with E-state index in [0.29, 0.717) is 17.6 Å². The van der Waals surface area contributed by atoms with Crippen LogP contribution >= 0.6 is 0 Å². The monoisotopic (exact) mass is 286 g/mol. The molecule has 2 rings (SSSR count). The highest BCUT2D eigenvalue weighted by Crippen LogP contribution is 2.31. The predicted octanol–water partition coefficient (Wildman–Crippen LogP) is 3.55. The molecule has 3 N–H and O–H groups in total. The number of benzene rings is 1. The van der Waals surface area contributed by atoms with Gasteiger partial charge in [0.15, 0.2) is 0 Å². The summed E-state index contributed by atoms with van der Waals surface area (Å²) in [4.78, 5) is 8.35. The molecule has 1 aromatic heterocycles. The van der Waals surface area contributed by atoms with E-state index < -0.39 is 0 Å². The fourth-order valence-electron chi connectivity index (χ4n) is 2.12. The van der Waals surface area contributed by atoms with Crippen molar-refractivity contribution in [2.45, 2.75) is 40.0 Å². The number of nitrogens with two attached hydrogens (primary N) is 1. The second kappa shape index (κ2) is 6.54. The topological polar surface area (TPSA) is 73.1 Å². The normalized spacial score (nSPS) is 10.8. The largest absolute Gasteiger partial charge is 0.438 e. The van der Waals surface area contributed by atoms with Crippen LogP contribution in [0.4, 0.5) is 5.82 Å². The molecule has 112 valence electrons. The van der Waals surface area contributed by atoms with E-state index in [1.54, 1.807) is 0 Å². The van der Waals surface area contributed by atoms with Crippen molar-refractivity contribution in [2.24, 2.45) is 5.84 Å². The summed E-state index contributed by atoms with van der Waals surface area (Å²) in [5.74, 6) is 7.90. The maximum absolute atomic E-state index is 6.02. The Morgan fingerprint density at radius 3 is 2.67 bits per heavy atom. The molecule has 0 fully saturated rings. The molecular formula is C16H22N4O. The summed E-state index contributed by atoms with van der Waals surface area (Å²) in [6.07, 6.45) is 2.18. The first-order chi connectivity index (χ1) is 10.1. The number of aryl methyl sites for hydroxylation is 1. The van der Waals surface area contributed by atoms with Crippen LogP contribution in [0.2, 0.25) is 0 Å². The fraction of sp³-hybridized carbons (Fsp3) is 0.375. The highest BCUT2D eigenvalue weighted by molar-refractivity contribution is 5.50. The van der Waals surface area contributed by atoms with Crippen molar-refractivity contribution in [3.8, 4) is 11.6 Å². The molecule has 0 bridgehead atoms. The molecule has 2 aromatic rings. The Hall–Kier alpha value is -2.14. The number of ether oxygens (including phenoxy) is 1. The summed E-state index contributed by atoms with van der Waals surface area (Å²) in [7, 11) is 0. The minimum atomic E-state index is 0.449. The van der Waals surface area contributed by atoms with Crippen molar-refractivity contribution in [2.75, 3.05) is 5.43 Å². The maximum Gasteiger partial charge on any atom is 0.227 e. The lowest BCUT2D eigenvalue weighted by Crippen LogP contribution is -2.12. The number of nitrogen functional groups attached to an aromatic ring is 1. The Morgan fingerprint density at radius 1 is 1.29 bits per heavy atom. The van der Waals surface area contributed by atoms with Gasteiger partial charge in [0, 0.05) is 0 Å². The van der Waals surface area contributed by atoms with Crippen molar-refractivity contribution >= 4 is 5.82 Å². The van der Waals surface area contributed by atoms with Gasteiger partial charge in [-0.15, -0.1) is 0 Å². The minimum absolute atomic E-state index is 0.449. The lowest BCUT2D eigenvalue weighted by Gasteiger charge is -2.15. The van der Waals surface area contributed by atoms with Crippen LogP contribution in [0, 0.1) is 6.92 Å². The Bertz CT molecular complexity index is 626. The molecule has 0 amide bonds. The zero-order chi connectivity index (χ0) is 15.4. The molecule has 0 saturated carbocycles. The molecule has 0 atom stereocenters. The molecule has 0 aliphatic rings.